The van der Waals surface area contributed by atoms with Crippen molar-refractivity contribution in [2.24, 2.45) is 0 Å². The van der Waals surface area contributed by atoms with E-state index in [1.165, 1.54) is 15.4 Å². The molecule has 9 nitrogen and oxygen atoms in total. The third-order valence-corrected chi connectivity index (χ3v) is 9.06. The van der Waals surface area contributed by atoms with E-state index in [9.17, 15) is 13.2 Å². The largest absolute Gasteiger partial charge is 0.369 e. The fraction of sp³-hybridized carbons (Fsp3) is 0.600. The van der Waals surface area contributed by atoms with E-state index >= 15 is 0 Å². The van der Waals surface area contributed by atoms with Gasteiger partial charge in [0.05, 0.1) is 5.56 Å². The van der Waals surface area contributed by atoms with Crippen LogP contribution in [0.3, 0.4) is 0 Å². The fourth-order valence-electron chi connectivity index (χ4n) is 4.93. The van der Waals surface area contributed by atoms with Crippen LogP contribution in [0.2, 0.25) is 0 Å². The molecule has 3 heterocycles. The number of carbonyl (C=O) groups excluding carboxylic acids is 1. The van der Waals surface area contributed by atoms with Crippen molar-refractivity contribution in [1.82, 2.24) is 23.9 Å². The quantitative estimate of drug-likeness (QED) is 0.577. The number of hydrogen-bond acceptors (Lipinski definition) is 6. The van der Waals surface area contributed by atoms with Crippen LogP contribution in [0.25, 0.3) is 0 Å². The standard InChI is InChI=1S/C25H38N6O3S/c1-5-10-27-11-13-29(14-12-27)25(32)22-19-30(6-2)26-24(22)35(33,34)31-17-15-28(16-18-31)23-9-7-8-20(3)21(23)4/h7-9,19H,5-6,10-18H2,1-4H3. The van der Waals surface area contributed by atoms with Crippen LogP contribution < -0.4 is 4.90 Å². The normalized spacial score (nSPS) is 18.3. The van der Waals surface area contributed by atoms with Gasteiger partial charge in [0.15, 0.2) is 0 Å². The van der Waals surface area contributed by atoms with Crippen LogP contribution in [0.4, 0.5) is 5.69 Å². The van der Waals surface area contributed by atoms with E-state index in [2.05, 4.69) is 47.8 Å². The molecule has 4 rings (SSSR count). The Labute approximate surface area is 209 Å². The summed E-state index contributed by atoms with van der Waals surface area (Å²) in [5.41, 5.74) is 3.78. The summed E-state index contributed by atoms with van der Waals surface area (Å²) in [5, 5.41) is 4.24. The predicted octanol–water partition coefficient (Wildman–Crippen LogP) is 2.20. The van der Waals surface area contributed by atoms with E-state index in [1.807, 2.05) is 13.0 Å². The molecule has 0 bridgehead atoms. The molecule has 1 aromatic heterocycles. The Balaban J connectivity index is 1.51. The lowest BCUT2D eigenvalue weighted by molar-refractivity contribution is 0.0633. The highest BCUT2D eigenvalue weighted by Gasteiger charge is 2.36. The Hall–Kier alpha value is -2.43. The predicted molar refractivity (Wildman–Crippen MR) is 137 cm³/mol. The van der Waals surface area contributed by atoms with Crippen LogP contribution in [0, 0.1) is 13.8 Å². The summed E-state index contributed by atoms with van der Waals surface area (Å²) in [4.78, 5) is 19.8. The fourth-order valence-corrected chi connectivity index (χ4v) is 6.45. The van der Waals surface area contributed by atoms with Crippen molar-refractivity contribution in [1.29, 1.82) is 0 Å². The molecule has 192 valence electrons. The van der Waals surface area contributed by atoms with Gasteiger partial charge >= 0.3 is 0 Å². The Kier molecular flexibility index (Phi) is 7.83. The van der Waals surface area contributed by atoms with Gasteiger partial charge in [-0.3, -0.25) is 14.4 Å². The van der Waals surface area contributed by atoms with Crippen LogP contribution >= 0.6 is 0 Å². The summed E-state index contributed by atoms with van der Waals surface area (Å²) >= 11 is 0. The van der Waals surface area contributed by atoms with Crippen LogP contribution in [-0.2, 0) is 16.6 Å². The summed E-state index contributed by atoms with van der Waals surface area (Å²) < 4.78 is 30.4. The number of hydrogen-bond donors (Lipinski definition) is 0. The number of carbonyl (C=O) groups is 1. The molecule has 2 saturated heterocycles. The van der Waals surface area contributed by atoms with Crippen molar-refractivity contribution >= 4 is 21.6 Å². The first kappa shape index (κ1) is 25.7. The number of aromatic nitrogens is 2. The molecule has 2 aromatic rings. The SMILES string of the molecule is CCCN1CCN(C(=O)c2cn(CC)nc2S(=O)(=O)N2CCN(c3cccc(C)c3C)CC2)CC1. The van der Waals surface area contributed by atoms with E-state index < -0.39 is 10.0 Å². The maximum atomic E-state index is 13.7. The number of rotatable bonds is 7. The van der Waals surface area contributed by atoms with Crippen molar-refractivity contribution in [3.63, 3.8) is 0 Å². The topological polar surface area (TPSA) is 82.0 Å². The van der Waals surface area contributed by atoms with Gasteiger partial charge in [-0.05, 0) is 50.9 Å². The van der Waals surface area contributed by atoms with Gasteiger partial charge in [-0.25, -0.2) is 8.42 Å². The second-order valence-electron chi connectivity index (χ2n) is 9.45. The van der Waals surface area contributed by atoms with Crippen LogP contribution in [0.15, 0.2) is 29.4 Å². The molecule has 0 aliphatic carbocycles. The van der Waals surface area contributed by atoms with Crippen LogP contribution in [0.1, 0.15) is 41.8 Å². The smallest absolute Gasteiger partial charge is 0.263 e. The molecule has 0 N–H and O–H groups in total. The lowest BCUT2D eigenvalue weighted by Gasteiger charge is -2.36. The van der Waals surface area contributed by atoms with Gasteiger partial charge in [0.1, 0.15) is 0 Å². The molecule has 1 amide bonds. The van der Waals surface area contributed by atoms with E-state index in [1.54, 1.807) is 15.8 Å². The Morgan fingerprint density at radius 1 is 0.971 bits per heavy atom. The summed E-state index contributed by atoms with van der Waals surface area (Å²) in [6.45, 7) is 14.5. The molecule has 10 heteroatoms. The minimum atomic E-state index is -3.89. The van der Waals surface area contributed by atoms with Gasteiger partial charge in [-0.2, -0.15) is 9.40 Å². The molecule has 2 aliphatic rings. The molecule has 35 heavy (non-hydrogen) atoms. The Morgan fingerprint density at radius 3 is 2.29 bits per heavy atom. The molecule has 2 aliphatic heterocycles. The number of aryl methyl sites for hydroxylation is 2. The second-order valence-corrected chi connectivity index (χ2v) is 11.3. The number of sulfonamides is 1. The number of amides is 1. The van der Waals surface area contributed by atoms with Crippen molar-refractivity contribution in [3.05, 3.63) is 41.1 Å². The molecule has 1 aromatic carbocycles. The molecule has 2 fully saturated rings. The summed E-state index contributed by atoms with van der Waals surface area (Å²) in [6, 6.07) is 6.22. The number of nitrogens with zero attached hydrogens (tertiary/aromatic N) is 6. The summed E-state index contributed by atoms with van der Waals surface area (Å²) in [7, 11) is -3.89. The molecular weight excluding hydrogens is 464 g/mol. The highest BCUT2D eigenvalue weighted by Crippen LogP contribution is 2.27. The van der Waals surface area contributed by atoms with E-state index in [0.717, 1.165) is 31.7 Å². The zero-order chi connectivity index (χ0) is 25.2. The monoisotopic (exact) mass is 502 g/mol. The van der Waals surface area contributed by atoms with Crippen molar-refractivity contribution in [3.8, 4) is 0 Å². The third kappa shape index (κ3) is 5.24. The zero-order valence-electron chi connectivity index (χ0n) is 21.4. The maximum Gasteiger partial charge on any atom is 0.263 e. The average Bonchev–Trinajstić information content (AvgIpc) is 3.32. The number of anilines is 1. The Morgan fingerprint density at radius 2 is 1.66 bits per heavy atom. The second kappa shape index (κ2) is 10.7. The lowest BCUT2D eigenvalue weighted by atomic mass is 10.1. The first-order valence-corrected chi connectivity index (χ1v) is 14.1. The minimum absolute atomic E-state index is 0.111. The highest BCUT2D eigenvalue weighted by molar-refractivity contribution is 7.89. The van der Waals surface area contributed by atoms with Gasteiger partial charge in [0.25, 0.3) is 15.9 Å². The molecule has 0 radical (unpaired) electrons. The number of benzene rings is 1. The van der Waals surface area contributed by atoms with Crippen molar-refractivity contribution < 1.29 is 13.2 Å². The minimum Gasteiger partial charge on any atom is -0.369 e. The number of piperazine rings is 2. The van der Waals surface area contributed by atoms with Gasteiger partial charge in [0.2, 0.25) is 5.03 Å². The molecule has 0 atom stereocenters. The molecular formula is C25H38N6O3S. The van der Waals surface area contributed by atoms with Crippen LogP contribution in [-0.4, -0.2) is 97.1 Å². The van der Waals surface area contributed by atoms with E-state index in [-0.39, 0.29) is 16.5 Å². The first-order chi connectivity index (χ1) is 16.8. The first-order valence-electron chi connectivity index (χ1n) is 12.7. The average molecular weight is 503 g/mol. The lowest BCUT2D eigenvalue weighted by Crippen LogP contribution is -2.50. The highest BCUT2D eigenvalue weighted by atomic mass is 32.2. The van der Waals surface area contributed by atoms with Gasteiger partial charge in [-0.15, -0.1) is 0 Å². The summed E-state index contributed by atoms with van der Waals surface area (Å²) in [6.07, 6.45) is 2.68. The van der Waals surface area contributed by atoms with E-state index in [4.69, 9.17) is 0 Å². The van der Waals surface area contributed by atoms with Crippen molar-refractivity contribution in [2.45, 2.75) is 45.7 Å². The van der Waals surface area contributed by atoms with E-state index in [0.29, 0.717) is 45.8 Å². The third-order valence-electron chi connectivity index (χ3n) is 7.22. The van der Waals surface area contributed by atoms with Gasteiger partial charge in [-0.1, -0.05) is 19.1 Å². The maximum absolute atomic E-state index is 13.7. The van der Waals surface area contributed by atoms with Crippen LogP contribution in [0.5, 0.6) is 0 Å². The molecule has 0 spiro atoms. The molecule has 0 unspecified atom stereocenters. The Bertz CT molecular complexity index is 1150. The zero-order valence-corrected chi connectivity index (χ0v) is 22.2. The van der Waals surface area contributed by atoms with Gasteiger partial charge < -0.3 is 9.80 Å². The van der Waals surface area contributed by atoms with Gasteiger partial charge in [0, 0.05) is 70.8 Å². The van der Waals surface area contributed by atoms with Crippen molar-refractivity contribution in [2.75, 3.05) is 63.8 Å². The summed E-state index contributed by atoms with van der Waals surface area (Å²) in [5.74, 6) is -0.242. The molecule has 0 saturated carbocycles.